The first-order valence-corrected chi connectivity index (χ1v) is 8.96. The van der Waals surface area contributed by atoms with Gasteiger partial charge in [-0.3, -0.25) is 19.3 Å². The van der Waals surface area contributed by atoms with Crippen molar-refractivity contribution in [1.82, 2.24) is 9.55 Å². The Labute approximate surface area is 152 Å². The van der Waals surface area contributed by atoms with E-state index in [0.717, 1.165) is 36.2 Å². The van der Waals surface area contributed by atoms with Gasteiger partial charge in [-0.05, 0) is 44.5 Å². The number of hydrogen-bond acceptors (Lipinski definition) is 5. The molecule has 0 fully saturated rings. The molecular weight excluding hydrogens is 332 g/mol. The Morgan fingerprint density at radius 1 is 1.15 bits per heavy atom. The monoisotopic (exact) mass is 358 g/mol. The van der Waals surface area contributed by atoms with E-state index in [9.17, 15) is 14.7 Å². The highest BCUT2D eigenvalue weighted by molar-refractivity contribution is 5.84. The van der Waals surface area contributed by atoms with Crippen LogP contribution in [-0.4, -0.2) is 34.0 Å². The highest BCUT2D eigenvalue weighted by Gasteiger charge is 2.12. The molecule has 2 aromatic rings. The minimum atomic E-state index is -0.649. The lowest BCUT2D eigenvalue weighted by Crippen LogP contribution is -2.32. The van der Waals surface area contributed by atoms with E-state index in [1.54, 1.807) is 0 Å². The van der Waals surface area contributed by atoms with Crippen LogP contribution in [0.25, 0.3) is 0 Å². The van der Waals surface area contributed by atoms with Crippen molar-refractivity contribution in [2.45, 2.75) is 40.2 Å². The van der Waals surface area contributed by atoms with Gasteiger partial charge in [0.05, 0.1) is 5.69 Å². The average Bonchev–Trinajstić information content (AvgIpc) is 2.63. The quantitative estimate of drug-likeness (QED) is 0.710. The van der Waals surface area contributed by atoms with Crippen LogP contribution in [0, 0.1) is 0 Å². The third-order valence-corrected chi connectivity index (χ3v) is 4.26. The fourth-order valence-corrected chi connectivity index (χ4v) is 2.69. The molecule has 0 aliphatic carbocycles. The molecule has 1 aromatic carbocycles. The van der Waals surface area contributed by atoms with Gasteiger partial charge in [0.25, 0.3) is 5.56 Å². The van der Waals surface area contributed by atoms with Gasteiger partial charge in [0.2, 0.25) is 5.88 Å². The van der Waals surface area contributed by atoms with E-state index in [1.807, 2.05) is 31.2 Å². The number of rotatable bonds is 8. The molecule has 0 spiro atoms. The van der Waals surface area contributed by atoms with E-state index >= 15 is 0 Å². The summed E-state index contributed by atoms with van der Waals surface area (Å²) < 4.78 is 1.16. The molecule has 7 heteroatoms. The zero-order valence-electron chi connectivity index (χ0n) is 15.5. The minimum absolute atomic E-state index is 0.0199. The first-order valence-electron chi connectivity index (χ1n) is 8.96. The molecule has 1 aromatic heterocycles. The number of aromatic nitrogens is 2. The predicted octanol–water partition coefficient (Wildman–Crippen LogP) is 2.64. The number of benzene rings is 1. The van der Waals surface area contributed by atoms with Crippen LogP contribution in [-0.2, 0) is 6.54 Å². The van der Waals surface area contributed by atoms with Crippen LogP contribution in [0.2, 0.25) is 0 Å². The first-order chi connectivity index (χ1) is 12.5. The Kier molecular flexibility index (Phi) is 6.77. The van der Waals surface area contributed by atoms with E-state index in [4.69, 9.17) is 0 Å². The molecule has 0 unspecified atom stereocenters. The molecule has 0 radical (unpaired) electrons. The lowest BCUT2D eigenvalue weighted by atomic mass is 10.2. The minimum Gasteiger partial charge on any atom is -0.494 e. The van der Waals surface area contributed by atoms with Crippen LogP contribution >= 0.6 is 0 Å². The Bertz CT molecular complexity index is 862. The molecule has 2 N–H and O–H groups in total. The molecule has 2 rings (SSSR count). The van der Waals surface area contributed by atoms with Crippen molar-refractivity contribution in [3.63, 3.8) is 0 Å². The highest BCUT2D eigenvalue weighted by atomic mass is 16.3. The van der Waals surface area contributed by atoms with E-state index < -0.39 is 11.2 Å². The van der Waals surface area contributed by atoms with Gasteiger partial charge in [0.1, 0.15) is 5.56 Å². The second-order valence-corrected chi connectivity index (χ2v) is 5.95. The van der Waals surface area contributed by atoms with Crippen molar-refractivity contribution >= 4 is 17.6 Å². The molecule has 7 nitrogen and oxygen atoms in total. The molecular formula is C19H26N4O3. The predicted molar refractivity (Wildman–Crippen MR) is 105 cm³/mol. The van der Waals surface area contributed by atoms with Gasteiger partial charge >= 0.3 is 5.69 Å². The zero-order valence-corrected chi connectivity index (χ0v) is 15.5. The average molecular weight is 358 g/mol. The third-order valence-electron chi connectivity index (χ3n) is 4.26. The summed E-state index contributed by atoms with van der Waals surface area (Å²) in [7, 11) is 0. The summed E-state index contributed by atoms with van der Waals surface area (Å²) in [5.41, 5.74) is 0.479. The Morgan fingerprint density at radius 3 is 2.38 bits per heavy atom. The maximum absolute atomic E-state index is 12.0. The fourth-order valence-electron chi connectivity index (χ4n) is 2.69. The highest BCUT2D eigenvalue weighted by Crippen LogP contribution is 2.20. The number of hydrogen-bond donors (Lipinski definition) is 2. The molecule has 0 saturated heterocycles. The van der Waals surface area contributed by atoms with E-state index in [-0.39, 0.29) is 11.4 Å². The summed E-state index contributed by atoms with van der Waals surface area (Å²) in [5, 5.41) is 10.3. The van der Waals surface area contributed by atoms with Crippen molar-refractivity contribution in [1.29, 1.82) is 0 Å². The topological polar surface area (TPSA) is 90.7 Å². The van der Waals surface area contributed by atoms with Gasteiger partial charge in [0.15, 0.2) is 0 Å². The summed E-state index contributed by atoms with van der Waals surface area (Å²) in [4.78, 5) is 32.6. The van der Waals surface area contributed by atoms with E-state index in [2.05, 4.69) is 28.7 Å². The van der Waals surface area contributed by atoms with Gasteiger partial charge in [-0.1, -0.05) is 13.3 Å². The van der Waals surface area contributed by atoms with Crippen molar-refractivity contribution in [3.8, 4) is 5.88 Å². The molecule has 0 saturated carbocycles. The van der Waals surface area contributed by atoms with Crippen LogP contribution in [0.3, 0.4) is 0 Å². The van der Waals surface area contributed by atoms with Gasteiger partial charge < -0.3 is 10.0 Å². The Balaban J connectivity index is 2.30. The number of aromatic hydroxyl groups is 1. The van der Waals surface area contributed by atoms with Crippen LogP contribution in [0.1, 0.15) is 39.2 Å². The molecule has 26 heavy (non-hydrogen) atoms. The van der Waals surface area contributed by atoms with E-state index in [1.165, 1.54) is 6.21 Å². The summed E-state index contributed by atoms with van der Waals surface area (Å²) in [6.07, 6.45) is 2.89. The SMILES string of the molecule is CCCCn1c(O)c(C=Nc2ccc(N(CC)CC)cc2)c(=O)[nH]c1=O. The van der Waals surface area contributed by atoms with Crippen molar-refractivity contribution in [3.05, 3.63) is 50.7 Å². The number of aromatic amines is 1. The number of aliphatic imine (C=N–C) groups is 1. The number of anilines is 1. The molecule has 0 amide bonds. The Hall–Kier alpha value is -2.83. The van der Waals surface area contributed by atoms with Gasteiger partial charge in [0, 0.05) is 31.5 Å². The smallest absolute Gasteiger partial charge is 0.331 e. The first kappa shape index (κ1) is 19.5. The molecule has 0 bridgehead atoms. The molecule has 0 aliphatic heterocycles. The van der Waals surface area contributed by atoms with E-state index in [0.29, 0.717) is 12.2 Å². The van der Waals surface area contributed by atoms with Gasteiger partial charge in [-0.25, -0.2) is 4.79 Å². The summed E-state index contributed by atoms with van der Waals surface area (Å²) in [6, 6.07) is 7.63. The normalized spacial score (nSPS) is 11.2. The molecule has 0 atom stereocenters. The second-order valence-electron chi connectivity index (χ2n) is 5.95. The van der Waals surface area contributed by atoms with Crippen LogP contribution in [0.5, 0.6) is 5.88 Å². The fraction of sp³-hybridized carbons (Fsp3) is 0.421. The van der Waals surface area contributed by atoms with Crippen molar-refractivity contribution < 1.29 is 5.11 Å². The largest absolute Gasteiger partial charge is 0.494 e. The zero-order chi connectivity index (χ0) is 19.1. The standard InChI is InChI=1S/C19H26N4O3/c1-4-7-12-23-18(25)16(17(24)21-19(23)26)13-20-14-8-10-15(11-9-14)22(5-2)6-3/h8-11,13,25H,4-7,12H2,1-3H3,(H,21,24,26). The molecule has 1 heterocycles. The van der Waals surface area contributed by atoms with Gasteiger partial charge in [-0.2, -0.15) is 0 Å². The molecule has 140 valence electrons. The maximum Gasteiger partial charge on any atom is 0.331 e. The molecule has 0 aliphatic rings. The number of nitrogens with zero attached hydrogens (tertiary/aromatic N) is 3. The second kappa shape index (κ2) is 9.03. The summed E-state index contributed by atoms with van der Waals surface area (Å²) >= 11 is 0. The summed E-state index contributed by atoms with van der Waals surface area (Å²) in [6.45, 7) is 8.36. The third kappa shape index (κ3) is 4.41. The summed E-state index contributed by atoms with van der Waals surface area (Å²) in [5.74, 6) is -0.351. The van der Waals surface area contributed by atoms with Crippen molar-refractivity contribution in [2.24, 2.45) is 4.99 Å². The lowest BCUT2D eigenvalue weighted by Gasteiger charge is -2.20. The number of nitrogens with one attached hydrogen (secondary N) is 1. The van der Waals surface area contributed by atoms with Crippen molar-refractivity contribution in [2.75, 3.05) is 18.0 Å². The van der Waals surface area contributed by atoms with Crippen LogP contribution in [0.4, 0.5) is 11.4 Å². The maximum atomic E-state index is 12.0. The number of unbranched alkanes of at least 4 members (excludes halogenated alkanes) is 1. The number of H-pyrrole nitrogens is 1. The Morgan fingerprint density at radius 2 is 1.81 bits per heavy atom. The van der Waals surface area contributed by atoms with Gasteiger partial charge in [-0.15, -0.1) is 0 Å². The lowest BCUT2D eigenvalue weighted by molar-refractivity contribution is 0.394. The van der Waals surface area contributed by atoms with Crippen LogP contribution < -0.4 is 16.1 Å². The van der Waals surface area contributed by atoms with Crippen LogP contribution in [0.15, 0.2) is 38.8 Å².